The number of rotatable bonds is 0. The molecule has 1 saturated heterocycles. The van der Waals surface area contributed by atoms with E-state index in [-0.39, 0.29) is 18.5 Å². The lowest BCUT2D eigenvalue weighted by Crippen LogP contribution is -3.17. The molecule has 0 aromatic heterocycles. The smallest absolute Gasteiger partial charge is 0.300 e. The molecule has 0 saturated carbocycles. The highest BCUT2D eigenvalue weighted by Crippen LogP contribution is 2.19. The van der Waals surface area contributed by atoms with Crippen LogP contribution in [0.25, 0.3) is 0 Å². The summed E-state index contributed by atoms with van der Waals surface area (Å²) in [5, 5.41) is 0. The monoisotopic (exact) mass is 164 g/mol. The van der Waals surface area contributed by atoms with Gasteiger partial charge < -0.3 is 4.90 Å². The Kier molecular flexibility index (Phi) is 1.95. The summed E-state index contributed by atoms with van der Waals surface area (Å²) in [4.78, 5) is 1.02. The van der Waals surface area contributed by atoms with Crippen LogP contribution >= 0.6 is 0 Å². The molecule has 1 aliphatic heterocycles. The van der Waals surface area contributed by atoms with Crippen molar-refractivity contribution in [3.8, 4) is 0 Å². The molecular weight excluding hydrogens is 148 g/mol. The van der Waals surface area contributed by atoms with E-state index in [2.05, 4.69) is 0 Å². The number of quaternary nitrogens is 1. The first-order chi connectivity index (χ1) is 4.81. The number of alkyl halides is 2. The number of likely N-dealkylation sites (tertiary alicyclic amines) is 1. The Balaban J connectivity index is 2.55. The molecule has 66 valence electrons. The maximum absolute atomic E-state index is 12.7. The van der Waals surface area contributed by atoms with Crippen molar-refractivity contribution in [2.24, 2.45) is 0 Å². The van der Waals surface area contributed by atoms with E-state index in [0.29, 0.717) is 6.54 Å². The lowest BCUT2D eigenvalue weighted by Gasteiger charge is -2.27. The molecule has 0 aromatic carbocycles. The molecule has 3 heteroatoms. The van der Waals surface area contributed by atoms with E-state index >= 15 is 0 Å². The molecule has 1 rings (SSSR count). The minimum absolute atomic E-state index is 0.0104. The Morgan fingerprint density at radius 3 is 2.00 bits per heavy atom. The van der Waals surface area contributed by atoms with Gasteiger partial charge in [0.1, 0.15) is 6.54 Å². The van der Waals surface area contributed by atoms with Gasteiger partial charge in [-0.05, 0) is 20.8 Å². The summed E-state index contributed by atoms with van der Waals surface area (Å²) >= 11 is 0. The average Bonchev–Trinajstić information content (AvgIpc) is 2.07. The Labute approximate surface area is 66.4 Å². The van der Waals surface area contributed by atoms with Crippen LogP contribution in [0.5, 0.6) is 0 Å². The quantitative estimate of drug-likeness (QED) is 0.538. The molecule has 0 spiro atoms. The van der Waals surface area contributed by atoms with Gasteiger partial charge >= 0.3 is 5.92 Å². The first-order valence-electron chi connectivity index (χ1n) is 4.04. The summed E-state index contributed by atoms with van der Waals surface area (Å²) in [7, 11) is 0. The molecule has 11 heavy (non-hydrogen) atoms. The van der Waals surface area contributed by atoms with E-state index in [1.807, 2.05) is 20.8 Å². The van der Waals surface area contributed by atoms with Crippen LogP contribution in [0.15, 0.2) is 0 Å². The molecule has 0 aromatic rings. The Hall–Kier alpha value is -0.180. The van der Waals surface area contributed by atoms with Gasteiger partial charge in [0.2, 0.25) is 0 Å². The van der Waals surface area contributed by atoms with Crippen molar-refractivity contribution in [2.45, 2.75) is 38.7 Å². The van der Waals surface area contributed by atoms with E-state index in [1.54, 1.807) is 0 Å². The minimum atomic E-state index is -2.41. The zero-order chi connectivity index (χ0) is 8.70. The summed E-state index contributed by atoms with van der Waals surface area (Å²) in [6, 6.07) is 0. The molecule has 1 fully saturated rings. The molecule has 1 aliphatic rings. The third-order valence-electron chi connectivity index (χ3n) is 2.33. The third kappa shape index (κ3) is 2.12. The number of hydrogen-bond donors (Lipinski definition) is 1. The van der Waals surface area contributed by atoms with Crippen molar-refractivity contribution in [2.75, 3.05) is 13.1 Å². The first-order valence-corrected chi connectivity index (χ1v) is 4.04. The van der Waals surface area contributed by atoms with Gasteiger partial charge in [-0.2, -0.15) is 0 Å². The number of hydrogen-bond acceptors (Lipinski definition) is 0. The summed E-state index contributed by atoms with van der Waals surface area (Å²) < 4.78 is 25.4. The van der Waals surface area contributed by atoms with Gasteiger partial charge in [-0.3, -0.25) is 0 Å². The largest absolute Gasteiger partial charge is 0.326 e. The zero-order valence-corrected chi connectivity index (χ0v) is 7.38. The van der Waals surface area contributed by atoms with Gasteiger partial charge in [0.15, 0.2) is 0 Å². The van der Waals surface area contributed by atoms with Crippen LogP contribution in [0.1, 0.15) is 27.2 Å². The molecule has 1 atom stereocenters. The first kappa shape index (κ1) is 8.91. The van der Waals surface area contributed by atoms with Crippen molar-refractivity contribution < 1.29 is 13.7 Å². The highest BCUT2D eigenvalue weighted by molar-refractivity contribution is 4.72. The number of nitrogens with one attached hydrogen (secondary N) is 1. The fourth-order valence-corrected chi connectivity index (χ4v) is 1.46. The summed E-state index contributed by atoms with van der Waals surface area (Å²) in [6.45, 7) is 6.63. The Morgan fingerprint density at radius 2 is 1.82 bits per heavy atom. The van der Waals surface area contributed by atoms with Crippen molar-refractivity contribution >= 4 is 0 Å². The van der Waals surface area contributed by atoms with E-state index in [4.69, 9.17) is 0 Å². The van der Waals surface area contributed by atoms with E-state index < -0.39 is 5.92 Å². The SMILES string of the molecule is CC(C)(C)[NH+]1CCC(F)(F)C1. The van der Waals surface area contributed by atoms with Crippen molar-refractivity contribution in [3.05, 3.63) is 0 Å². The molecule has 0 radical (unpaired) electrons. The summed E-state index contributed by atoms with van der Waals surface area (Å²) in [5.74, 6) is -2.41. The van der Waals surface area contributed by atoms with Crippen molar-refractivity contribution in [1.29, 1.82) is 0 Å². The molecular formula is C8H16F2N+. The van der Waals surface area contributed by atoms with Gasteiger partial charge in [0.25, 0.3) is 0 Å². The van der Waals surface area contributed by atoms with E-state index in [0.717, 1.165) is 4.90 Å². The molecule has 0 aliphatic carbocycles. The van der Waals surface area contributed by atoms with Gasteiger partial charge in [0.05, 0.1) is 18.5 Å². The lowest BCUT2D eigenvalue weighted by atomic mass is 10.1. The maximum Gasteiger partial charge on any atom is 0.300 e. The zero-order valence-electron chi connectivity index (χ0n) is 7.38. The Morgan fingerprint density at radius 1 is 1.27 bits per heavy atom. The fraction of sp³-hybridized carbons (Fsp3) is 1.00. The topological polar surface area (TPSA) is 4.44 Å². The maximum atomic E-state index is 12.7. The predicted molar refractivity (Wildman–Crippen MR) is 40.0 cm³/mol. The predicted octanol–water partition coefficient (Wildman–Crippen LogP) is 0.709. The molecule has 0 bridgehead atoms. The van der Waals surface area contributed by atoms with Crippen LogP contribution in [-0.4, -0.2) is 24.6 Å². The van der Waals surface area contributed by atoms with Crippen LogP contribution in [0.4, 0.5) is 8.78 Å². The summed E-state index contributed by atoms with van der Waals surface area (Å²) in [6.07, 6.45) is 0.0552. The van der Waals surface area contributed by atoms with Crippen LogP contribution in [0.3, 0.4) is 0 Å². The third-order valence-corrected chi connectivity index (χ3v) is 2.33. The molecule has 1 heterocycles. The standard InChI is InChI=1S/C8H15F2N/c1-7(2,3)11-5-4-8(9,10)6-11/h4-6H2,1-3H3/p+1. The highest BCUT2D eigenvalue weighted by atomic mass is 19.3. The second-order valence-corrected chi connectivity index (χ2v) is 4.39. The minimum Gasteiger partial charge on any atom is -0.326 e. The van der Waals surface area contributed by atoms with E-state index in [1.165, 1.54) is 0 Å². The van der Waals surface area contributed by atoms with Crippen LogP contribution in [0.2, 0.25) is 0 Å². The highest BCUT2D eigenvalue weighted by Gasteiger charge is 2.45. The van der Waals surface area contributed by atoms with E-state index in [9.17, 15) is 8.78 Å². The Bertz CT molecular complexity index is 149. The van der Waals surface area contributed by atoms with Crippen molar-refractivity contribution in [3.63, 3.8) is 0 Å². The van der Waals surface area contributed by atoms with Gasteiger partial charge in [-0.1, -0.05) is 0 Å². The van der Waals surface area contributed by atoms with Gasteiger partial charge in [0, 0.05) is 0 Å². The normalized spacial score (nSPS) is 30.8. The average molecular weight is 164 g/mol. The van der Waals surface area contributed by atoms with Gasteiger partial charge in [-0.25, -0.2) is 8.78 Å². The van der Waals surface area contributed by atoms with Gasteiger partial charge in [-0.15, -0.1) is 0 Å². The molecule has 1 N–H and O–H groups in total. The van der Waals surface area contributed by atoms with Crippen LogP contribution in [0, 0.1) is 0 Å². The molecule has 0 amide bonds. The number of halogens is 2. The molecule has 1 unspecified atom stereocenters. The summed E-state index contributed by atoms with van der Waals surface area (Å²) in [5.41, 5.74) is -0.0278. The van der Waals surface area contributed by atoms with Crippen LogP contribution in [-0.2, 0) is 0 Å². The lowest BCUT2D eigenvalue weighted by molar-refractivity contribution is -0.938. The molecule has 1 nitrogen and oxygen atoms in total. The second-order valence-electron chi connectivity index (χ2n) is 4.39. The van der Waals surface area contributed by atoms with Crippen LogP contribution < -0.4 is 4.90 Å². The second kappa shape index (κ2) is 2.41. The fourth-order valence-electron chi connectivity index (χ4n) is 1.46. The van der Waals surface area contributed by atoms with Crippen molar-refractivity contribution in [1.82, 2.24) is 0 Å².